The van der Waals surface area contributed by atoms with E-state index in [-0.39, 0.29) is 24.4 Å². The highest BCUT2D eigenvalue weighted by molar-refractivity contribution is 6.14. The van der Waals surface area contributed by atoms with Gasteiger partial charge in [-0.3, -0.25) is 0 Å². The van der Waals surface area contributed by atoms with Crippen molar-refractivity contribution >= 4 is 23.6 Å². The third-order valence-corrected chi connectivity index (χ3v) is 2.47. The van der Waals surface area contributed by atoms with Crippen LogP contribution >= 0.6 is 0 Å². The van der Waals surface area contributed by atoms with Gasteiger partial charge in [0.1, 0.15) is 0 Å². The van der Waals surface area contributed by atoms with Gasteiger partial charge < -0.3 is 24.7 Å². The minimum Gasteiger partial charge on any atom is -0.545 e. The maximum atomic E-state index is 11.7. The molecule has 1 aromatic rings. The van der Waals surface area contributed by atoms with Crippen molar-refractivity contribution in [2.45, 2.75) is 13.8 Å². The zero-order valence-electron chi connectivity index (χ0n) is 12.3. The second-order valence-electron chi connectivity index (χ2n) is 4.01. The van der Waals surface area contributed by atoms with Crippen molar-refractivity contribution in [2.24, 2.45) is 0 Å². The molecule has 1 rings (SSSR count). The number of benzene rings is 1. The molecular weight excluding hydrogens is 290 g/mol. The average Bonchev–Trinajstić information content (AvgIpc) is 2.48. The monoisotopic (exact) mass is 306 g/mol. The number of hydrogen-bond acceptors (Lipinski definition) is 7. The first-order valence-electron chi connectivity index (χ1n) is 6.62. The van der Waals surface area contributed by atoms with Gasteiger partial charge in [0.2, 0.25) is 0 Å². The highest BCUT2D eigenvalue weighted by Gasteiger charge is 2.20. The molecule has 0 aliphatic rings. The molecule has 0 aromatic heterocycles. The van der Waals surface area contributed by atoms with Gasteiger partial charge in [-0.25, -0.2) is 9.59 Å². The number of esters is 2. The molecule has 0 unspecified atom stereocenters. The second kappa shape index (κ2) is 8.46. The van der Waals surface area contributed by atoms with Gasteiger partial charge in [0.05, 0.1) is 19.2 Å². The maximum Gasteiger partial charge on any atom is 0.347 e. The van der Waals surface area contributed by atoms with Crippen LogP contribution in [0, 0.1) is 0 Å². The highest BCUT2D eigenvalue weighted by Crippen LogP contribution is 2.11. The molecule has 0 aliphatic heterocycles. The van der Waals surface area contributed by atoms with Crippen LogP contribution in [0.3, 0.4) is 0 Å². The minimum absolute atomic E-state index is 0.0350. The van der Waals surface area contributed by atoms with Gasteiger partial charge in [0, 0.05) is 11.9 Å². The highest BCUT2D eigenvalue weighted by atomic mass is 16.6. The Morgan fingerprint density at radius 3 is 2.23 bits per heavy atom. The summed E-state index contributed by atoms with van der Waals surface area (Å²) in [5, 5.41) is 13.4. The largest absolute Gasteiger partial charge is 0.545 e. The summed E-state index contributed by atoms with van der Waals surface area (Å²) in [6.45, 7) is 3.43. The molecule has 0 heterocycles. The lowest BCUT2D eigenvalue weighted by Gasteiger charge is -2.09. The molecule has 0 saturated carbocycles. The van der Waals surface area contributed by atoms with E-state index in [1.54, 1.807) is 19.9 Å². The van der Waals surface area contributed by atoms with Crippen molar-refractivity contribution < 1.29 is 29.0 Å². The Hall–Kier alpha value is -2.83. The van der Waals surface area contributed by atoms with E-state index < -0.39 is 17.9 Å². The van der Waals surface area contributed by atoms with Gasteiger partial charge in [-0.2, -0.15) is 0 Å². The van der Waals surface area contributed by atoms with Crippen molar-refractivity contribution in [3.63, 3.8) is 0 Å². The van der Waals surface area contributed by atoms with Gasteiger partial charge in [-0.15, -0.1) is 0 Å². The molecule has 0 saturated heterocycles. The molecule has 1 aromatic carbocycles. The van der Waals surface area contributed by atoms with Crippen LogP contribution in [-0.4, -0.2) is 31.1 Å². The van der Waals surface area contributed by atoms with E-state index in [4.69, 9.17) is 9.47 Å². The van der Waals surface area contributed by atoms with Crippen molar-refractivity contribution in [1.82, 2.24) is 0 Å². The maximum absolute atomic E-state index is 11.7. The zero-order chi connectivity index (χ0) is 16.5. The number of nitrogens with one attached hydrogen (secondary N) is 1. The number of carboxylic acid groups (broad SMARTS) is 1. The van der Waals surface area contributed by atoms with Crippen LogP contribution in [0.4, 0.5) is 5.69 Å². The Kier molecular flexibility index (Phi) is 6.62. The summed E-state index contributed by atoms with van der Waals surface area (Å²) in [5.74, 6) is -2.99. The van der Waals surface area contributed by atoms with Crippen molar-refractivity contribution in [3.05, 3.63) is 41.6 Å². The van der Waals surface area contributed by atoms with E-state index >= 15 is 0 Å². The lowest BCUT2D eigenvalue weighted by atomic mass is 10.2. The molecule has 0 fully saturated rings. The van der Waals surface area contributed by atoms with E-state index in [1.165, 1.54) is 18.2 Å². The average molecular weight is 306 g/mol. The fraction of sp³-hybridized carbons (Fsp3) is 0.267. The van der Waals surface area contributed by atoms with Crippen molar-refractivity contribution in [2.75, 3.05) is 18.5 Å². The van der Waals surface area contributed by atoms with E-state index in [1.807, 2.05) is 0 Å². The minimum atomic E-state index is -1.33. The van der Waals surface area contributed by atoms with Gasteiger partial charge in [0.15, 0.2) is 5.57 Å². The molecule has 0 radical (unpaired) electrons. The Morgan fingerprint density at radius 1 is 1.14 bits per heavy atom. The predicted molar refractivity (Wildman–Crippen MR) is 75.7 cm³/mol. The van der Waals surface area contributed by atoms with Crippen LogP contribution in [0.2, 0.25) is 0 Å². The predicted octanol–water partition coefficient (Wildman–Crippen LogP) is 0.472. The first-order chi connectivity index (χ1) is 10.5. The fourth-order valence-electron chi connectivity index (χ4n) is 1.51. The Labute approximate surface area is 127 Å². The van der Waals surface area contributed by atoms with Gasteiger partial charge in [-0.05, 0) is 31.5 Å². The zero-order valence-corrected chi connectivity index (χ0v) is 12.3. The molecule has 7 nitrogen and oxygen atoms in total. The van der Waals surface area contributed by atoms with E-state index in [0.29, 0.717) is 5.69 Å². The number of carbonyl (C=O) groups excluding carboxylic acids is 3. The number of carboxylic acids is 1. The summed E-state index contributed by atoms with van der Waals surface area (Å²) in [6, 6.07) is 5.73. The van der Waals surface area contributed by atoms with Crippen LogP contribution in [0.15, 0.2) is 36.0 Å². The molecule has 7 heteroatoms. The number of aromatic carboxylic acids is 1. The summed E-state index contributed by atoms with van der Waals surface area (Å²) in [5.41, 5.74) is 0.0163. The van der Waals surface area contributed by atoms with Gasteiger partial charge >= 0.3 is 11.9 Å². The quantitative estimate of drug-likeness (QED) is 0.338. The molecule has 22 heavy (non-hydrogen) atoms. The van der Waals surface area contributed by atoms with E-state index in [9.17, 15) is 19.5 Å². The summed E-state index contributed by atoms with van der Waals surface area (Å²) >= 11 is 0. The van der Waals surface area contributed by atoms with Crippen LogP contribution in [-0.2, 0) is 19.1 Å². The van der Waals surface area contributed by atoms with E-state index in [2.05, 4.69) is 5.32 Å². The number of carbonyl (C=O) groups is 3. The van der Waals surface area contributed by atoms with Gasteiger partial charge in [-0.1, -0.05) is 12.1 Å². The van der Waals surface area contributed by atoms with Gasteiger partial charge in [0.25, 0.3) is 0 Å². The third kappa shape index (κ3) is 4.93. The molecule has 0 aliphatic carbocycles. The van der Waals surface area contributed by atoms with Crippen molar-refractivity contribution in [3.8, 4) is 0 Å². The van der Waals surface area contributed by atoms with Crippen LogP contribution in [0.25, 0.3) is 0 Å². The molecular formula is C15H16NO6-. The lowest BCUT2D eigenvalue weighted by Crippen LogP contribution is -2.22. The second-order valence-corrected chi connectivity index (χ2v) is 4.01. The lowest BCUT2D eigenvalue weighted by molar-refractivity contribution is -0.255. The van der Waals surface area contributed by atoms with Crippen LogP contribution in [0.1, 0.15) is 24.2 Å². The summed E-state index contributed by atoms with van der Waals surface area (Å²) in [6.07, 6.45) is 1.12. The topological polar surface area (TPSA) is 105 Å². The third-order valence-electron chi connectivity index (χ3n) is 2.47. The molecule has 0 atom stereocenters. The fourth-order valence-corrected chi connectivity index (χ4v) is 1.51. The molecule has 118 valence electrons. The van der Waals surface area contributed by atoms with Crippen molar-refractivity contribution in [1.29, 1.82) is 0 Å². The summed E-state index contributed by atoms with van der Waals surface area (Å²) < 4.78 is 9.54. The number of ether oxygens (including phenoxy) is 2. The normalized spacial score (nSPS) is 9.55. The van der Waals surface area contributed by atoms with E-state index in [0.717, 1.165) is 6.20 Å². The number of rotatable bonds is 7. The Balaban J connectivity index is 2.97. The molecule has 0 bridgehead atoms. The van der Waals surface area contributed by atoms with Crippen LogP contribution < -0.4 is 10.4 Å². The first-order valence-corrected chi connectivity index (χ1v) is 6.62. The number of anilines is 1. The Morgan fingerprint density at radius 2 is 1.73 bits per heavy atom. The summed E-state index contributed by atoms with van der Waals surface area (Å²) in [7, 11) is 0. The molecule has 0 amide bonds. The standard InChI is InChI=1S/C15H17NO6/c1-3-21-14(19)12(15(20)22-4-2)9-16-11-7-5-6-10(8-11)13(17)18/h5-9,16H,3-4H2,1-2H3,(H,17,18)/p-1. The first kappa shape index (κ1) is 17.2. The SMILES string of the molecule is CCOC(=O)C(=CNc1cccc(C(=O)[O-])c1)C(=O)OCC. The number of hydrogen-bond donors (Lipinski definition) is 1. The molecule has 1 N–H and O–H groups in total. The van der Waals surface area contributed by atoms with Crippen LogP contribution in [0.5, 0.6) is 0 Å². The summed E-state index contributed by atoms with van der Waals surface area (Å²) in [4.78, 5) is 34.2. The Bertz CT molecular complexity index is 573. The smallest absolute Gasteiger partial charge is 0.347 e. The molecule has 0 spiro atoms.